The summed E-state index contributed by atoms with van der Waals surface area (Å²) in [5.74, 6) is 0.817. The fraction of sp³-hybridized carbons (Fsp3) is 0.571. The van der Waals surface area contributed by atoms with Gasteiger partial charge in [-0.15, -0.1) is 0 Å². The van der Waals surface area contributed by atoms with Crippen LogP contribution >= 0.6 is 15.9 Å². The maximum absolute atomic E-state index is 4.46. The van der Waals surface area contributed by atoms with E-state index < -0.39 is 0 Å². The molecule has 0 aliphatic carbocycles. The molecule has 0 saturated heterocycles. The molecule has 0 aromatic carbocycles. The predicted octanol–water partition coefficient (Wildman–Crippen LogP) is 3.02. The van der Waals surface area contributed by atoms with Gasteiger partial charge in [-0.05, 0) is 43.6 Å². The fourth-order valence-electron chi connectivity index (χ4n) is 2.44. The van der Waals surface area contributed by atoms with E-state index in [0.717, 1.165) is 29.2 Å². The Morgan fingerprint density at radius 2 is 2.00 bits per heavy atom. The molecule has 0 amide bonds. The number of nitrogens with zero attached hydrogens (tertiary/aromatic N) is 4. The van der Waals surface area contributed by atoms with Crippen LogP contribution in [-0.2, 0) is 0 Å². The van der Waals surface area contributed by atoms with Crippen LogP contribution in [0.5, 0.6) is 0 Å². The fourth-order valence-corrected chi connectivity index (χ4v) is 2.83. The van der Waals surface area contributed by atoms with Gasteiger partial charge in [-0.2, -0.15) is 0 Å². The van der Waals surface area contributed by atoms with E-state index in [2.05, 4.69) is 63.8 Å². The molecular weight excluding hydrogens is 318 g/mol. The van der Waals surface area contributed by atoms with Gasteiger partial charge in [0.2, 0.25) is 0 Å². The first-order valence-electron chi connectivity index (χ1n) is 6.98. The Bertz CT molecular complexity index is 556. The molecule has 0 spiro atoms. The van der Waals surface area contributed by atoms with Crippen molar-refractivity contribution in [2.45, 2.75) is 39.8 Å². The average molecular weight is 340 g/mol. The first-order valence-corrected chi connectivity index (χ1v) is 7.77. The second-order valence-electron chi connectivity index (χ2n) is 5.42. The lowest BCUT2D eigenvalue weighted by Gasteiger charge is -2.30. The molecule has 2 aromatic rings. The normalized spacial score (nSPS) is 12.0. The van der Waals surface area contributed by atoms with Crippen molar-refractivity contribution in [1.82, 2.24) is 19.3 Å². The zero-order valence-electron chi connectivity index (χ0n) is 12.5. The lowest BCUT2D eigenvalue weighted by molar-refractivity contribution is 0.182. The van der Waals surface area contributed by atoms with Crippen LogP contribution in [0.2, 0.25) is 0 Å². The molecule has 0 radical (unpaired) electrons. The topological polar surface area (TPSA) is 45.5 Å². The molecule has 0 unspecified atom stereocenters. The van der Waals surface area contributed by atoms with Gasteiger partial charge in [-0.1, -0.05) is 0 Å². The van der Waals surface area contributed by atoms with Gasteiger partial charge < -0.3 is 9.72 Å². The van der Waals surface area contributed by atoms with Crippen molar-refractivity contribution in [2.75, 3.05) is 18.4 Å². The highest BCUT2D eigenvalue weighted by molar-refractivity contribution is 9.10. The van der Waals surface area contributed by atoms with E-state index in [1.165, 1.54) is 0 Å². The maximum atomic E-state index is 4.46. The zero-order chi connectivity index (χ0) is 14.7. The van der Waals surface area contributed by atoms with Gasteiger partial charge in [0.15, 0.2) is 11.5 Å². The second-order valence-corrected chi connectivity index (χ2v) is 6.23. The highest BCUT2D eigenvalue weighted by Crippen LogP contribution is 2.16. The van der Waals surface area contributed by atoms with Gasteiger partial charge in [-0.3, -0.25) is 4.90 Å². The molecule has 0 aliphatic rings. The minimum atomic E-state index is 0.540. The Morgan fingerprint density at radius 3 is 2.65 bits per heavy atom. The molecule has 2 heterocycles. The van der Waals surface area contributed by atoms with Crippen LogP contribution in [-0.4, -0.2) is 44.4 Å². The number of rotatable bonds is 6. The van der Waals surface area contributed by atoms with Crippen molar-refractivity contribution in [3.8, 4) is 0 Å². The zero-order valence-corrected chi connectivity index (χ0v) is 14.1. The summed E-state index contributed by atoms with van der Waals surface area (Å²) < 4.78 is 2.76. The summed E-state index contributed by atoms with van der Waals surface area (Å²) in [5.41, 5.74) is 0.855. The Labute approximate surface area is 128 Å². The van der Waals surface area contributed by atoms with Crippen LogP contribution in [0.25, 0.3) is 5.65 Å². The summed E-state index contributed by atoms with van der Waals surface area (Å²) in [4.78, 5) is 11.2. The van der Waals surface area contributed by atoms with Crippen LogP contribution in [0.4, 0.5) is 5.82 Å². The number of aromatic nitrogens is 3. The predicted molar refractivity (Wildman–Crippen MR) is 86.2 cm³/mol. The molecule has 5 nitrogen and oxygen atoms in total. The van der Waals surface area contributed by atoms with E-state index >= 15 is 0 Å². The van der Waals surface area contributed by atoms with Gasteiger partial charge >= 0.3 is 0 Å². The van der Waals surface area contributed by atoms with Gasteiger partial charge in [0.25, 0.3) is 0 Å². The van der Waals surface area contributed by atoms with Gasteiger partial charge in [0.1, 0.15) is 4.60 Å². The highest BCUT2D eigenvalue weighted by atomic mass is 79.9. The maximum Gasteiger partial charge on any atom is 0.180 e. The lowest BCUT2D eigenvalue weighted by Crippen LogP contribution is -2.40. The molecule has 0 atom stereocenters. The summed E-state index contributed by atoms with van der Waals surface area (Å²) in [7, 11) is 0. The Morgan fingerprint density at radius 1 is 1.30 bits per heavy atom. The summed E-state index contributed by atoms with van der Waals surface area (Å²) in [6.07, 6.45) is 5.60. The number of imidazole rings is 1. The average Bonchev–Trinajstić information content (AvgIpc) is 2.81. The van der Waals surface area contributed by atoms with Crippen LogP contribution in [0, 0.1) is 0 Å². The largest absolute Gasteiger partial charge is 0.366 e. The number of anilines is 1. The van der Waals surface area contributed by atoms with Crippen LogP contribution in [0.1, 0.15) is 27.7 Å². The third-order valence-corrected chi connectivity index (χ3v) is 3.72. The van der Waals surface area contributed by atoms with Crippen molar-refractivity contribution in [2.24, 2.45) is 0 Å². The Kier molecular flexibility index (Phi) is 4.99. The monoisotopic (exact) mass is 339 g/mol. The molecule has 0 aliphatic heterocycles. The third kappa shape index (κ3) is 3.49. The number of halogens is 1. The van der Waals surface area contributed by atoms with Crippen molar-refractivity contribution < 1.29 is 0 Å². The van der Waals surface area contributed by atoms with Crippen molar-refractivity contribution >= 4 is 27.4 Å². The van der Waals surface area contributed by atoms with E-state index in [-0.39, 0.29) is 0 Å². The molecule has 110 valence electrons. The minimum Gasteiger partial charge on any atom is -0.366 e. The summed E-state index contributed by atoms with van der Waals surface area (Å²) in [6.45, 7) is 10.7. The molecule has 1 N–H and O–H groups in total. The summed E-state index contributed by atoms with van der Waals surface area (Å²) in [5, 5.41) is 3.39. The highest BCUT2D eigenvalue weighted by Gasteiger charge is 2.13. The van der Waals surface area contributed by atoms with E-state index in [4.69, 9.17) is 0 Å². The third-order valence-electron chi connectivity index (χ3n) is 3.33. The standard InChI is InChI=1S/C14H22BrN5/c1-10(2)20(11(3)4)8-6-16-13-14-17-5-7-19(14)9-12(15)18-13/h5,7,9-11H,6,8H2,1-4H3,(H,16,18). The van der Waals surface area contributed by atoms with Gasteiger partial charge in [-0.25, -0.2) is 9.97 Å². The number of hydrogen-bond acceptors (Lipinski definition) is 4. The first kappa shape index (κ1) is 15.3. The van der Waals surface area contributed by atoms with Crippen molar-refractivity contribution in [1.29, 1.82) is 0 Å². The first-order chi connectivity index (χ1) is 9.49. The minimum absolute atomic E-state index is 0.540. The van der Waals surface area contributed by atoms with Crippen LogP contribution in [0.15, 0.2) is 23.2 Å². The molecule has 2 aromatic heterocycles. The number of hydrogen-bond donors (Lipinski definition) is 1. The number of nitrogens with one attached hydrogen (secondary N) is 1. The quantitative estimate of drug-likeness (QED) is 0.878. The van der Waals surface area contributed by atoms with Crippen molar-refractivity contribution in [3.05, 3.63) is 23.2 Å². The van der Waals surface area contributed by atoms with Crippen LogP contribution in [0.3, 0.4) is 0 Å². The molecule has 6 heteroatoms. The molecule has 0 fully saturated rings. The number of fused-ring (bicyclic) bond motifs is 1. The molecule has 0 saturated carbocycles. The molecule has 2 rings (SSSR count). The molecule has 0 bridgehead atoms. The smallest absolute Gasteiger partial charge is 0.180 e. The summed E-state index contributed by atoms with van der Waals surface area (Å²) >= 11 is 3.43. The molecular formula is C14H22BrN5. The second kappa shape index (κ2) is 6.54. The summed E-state index contributed by atoms with van der Waals surface area (Å²) in [6, 6.07) is 1.08. The van der Waals surface area contributed by atoms with E-state index in [1.54, 1.807) is 6.20 Å². The SMILES string of the molecule is CC(C)N(CCNc1nc(Br)cn2ccnc12)C(C)C. The van der Waals surface area contributed by atoms with Gasteiger partial charge in [0, 0.05) is 43.8 Å². The van der Waals surface area contributed by atoms with E-state index in [9.17, 15) is 0 Å². The molecule has 20 heavy (non-hydrogen) atoms. The Balaban J connectivity index is 2.04. The Hall–Kier alpha value is -1.14. The van der Waals surface area contributed by atoms with E-state index in [1.807, 2.05) is 16.8 Å². The van der Waals surface area contributed by atoms with E-state index in [0.29, 0.717) is 12.1 Å². The van der Waals surface area contributed by atoms with Crippen molar-refractivity contribution in [3.63, 3.8) is 0 Å². The lowest BCUT2D eigenvalue weighted by atomic mass is 10.2. The van der Waals surface area contributed by atoms with Gasteiger partial charge in [0.05, 0.1) is 0 Å². The van der Waals surface area contributed by atoms with Crippen LogP contribution < -0.4 is 5.32 Å².